The number of hydrogen-bond acceptors (Lipinski definition) is 12. The van der Waals surface area contributed by atoms with E-state index in [0.29, 0.717) is 16.7 Å². The van der Waals surface area contributed by atoms with Gasteiger partial charge in [0, 0.05) is 31.0 Å². The Kier molecular flexibility index (Phi) is 26.1. The third-order valence-electron chi connectivity index (χ3n) is 9.12. The van der Waals surface area contributed by atoms with Crippen molar-refractivity contribution in [3.05, 3.63) is 273 Å². The largest absolute Gasteiger partial charge is 0.507 e. The van der Waals surface area contributed by atoms with Gasteiger partial charge in [0.25, 0.3) is 5.78 Å². The normalized spacial score (nSPS) is 13.0. The summed E-state index contributed by atoms with van der Waals surface area (Å²) in [6.07, 6.45) is 6.89. The maximum Gasteiger partial charge on any atom is 0.376 e. The van der Waals surface area contributed by atoms with Crippen LogP contribution in [0.2, 0.25) is 0 Å². The second-order valence-electron chi connectivity index (χ2n) is 13.7. The molecule has 2 atom stereocenters. The van der Waals surface area contributed by atoms with E-state index in [-0.39, 0.29) is 17.3 Å². The molecule has 8 rings (SSSR count). The summed E-state index contributed by atoms with van der Waals surface area (Å²) in [5.74, 6) is -3.63. The van der Waals surface area contributed by atoms with Crippen LogP contribution in [-0.4, -0.2) is 65.7 Å². The van der Waals surface area contributed by atoms with Crippen LogP contribution in [0.15, 0.2) is 237 Å². The van der Waals surface area contributed by atoms with E-state index in [2.05, 4.69) is 48.5 Å². The van der Waals surface area contributed by atoms with E-state index in [1.807, 2.05) is 78.9 Å². The smallest absolute Gasteiger partial charge is 0.376 e. The number of aliphatic carboxylic acids is 1. The van der Waals surface area contributed by atoms with Crippen molar-refractivity contribution in [3.8, 4) is 33.8 Å². The Hall–Kier alpha value is -9.37. The van der Waals surface area contributed by atoms with Crippen LogP contribution in [0.25, 0.3) is 33.6 Å². The predicted molar refractivity (Wildman–Crippen MR) is 268 cm³/mol. The zero-order chi connectivity index (χ0) is 50.8. The van der Waals surface area contributed by atoms with Gasteiger partial charge in [0.2, 0.25) is 0 Å². The highest BCUT2D eigenvalue weighted by atomic mass is 16.7. The molecule has 14 nitrogen and oxygen atoms in total. The van der Waals surface area contributed by atoms with Crippen LogP contribution in [0.3, 0.4) is 0 Å². The maximum atomic E-state index is 10.7. The summed E-state index contributed by atoms with van der Waals surface area (Å²) in [5, 5.41) is 64.3. The van der Waals surface area contributed by atoms with Crippen LogP contribution in [0.5, 0.6) is 11.5 Å². The molecule has 0 aliphatic heterocycles. The molecule has 0 aromatic heterocycles. The predicted octanol–water partition coefficient (Wildman–Crippen LogP) is 10.8. The fourth-order valence-corrected chi connectivity index (χ4v) is 5.79. The Morgan fingerprint density at radius 3 is 1.29 bits per heavy atom. The van der Waals surface area contributed by atoms with Crippen molar-refractivity contribution >= 4 is 29.1 Å². The van der Waals surface area contributed by atoms with Gasteiger partial charge < -0.3 is 35.7 Å². The average Bonchev–Trinajstić information content (AvgIpc) is 3.41. The minimum atomic E-state index is -1.52. The molecule has 0 fully saturated rings. The van der Waals surface area contributed by atoms with Gasteiger partial charge in [-0.05, 0) is 58.2 Å². The summed E-state index contributed by atoms with van der Waals surface area (Å²) in [6.45, 7) is 0. The Labute approximate surface area is 397 Å². The molecule has 14 heteroatoms. The fourth-order valence-electron chi connectivity index (χ4n) is 5.79. The highest BCUT2D eigenvalue weighted by Crippen LogP contribution is 2.35. The van der Waals surface area contributed by atoms with Gasteiger partial charge >= 0.3 is 11.9 Å². The van der Waals surface area contributed by atoms with Crippen LogP contribution < -0.4 is 0 Å². The first-order valence-corrected chi connectivity index (χ1v) is 20.4. The molecule has 1 aliphatic carbocycles. The van der Waals surface area contributed by atoms with Gasteiger partial charge in [-0.15, -0.1) is 0 Å². The minimum Gasteiger partial charge on any atom is -0.507 e. The molecule has 0 amide bonds. The number of hydrogen-bond donors (Lipinski definition) is 7. The molecule has 0 saturated carbocycles. The van der Waals surface area contributed by atoms with Crippen molar-refractivity contribution in [3.63, 3.8) is 0 Å². The lowest BCUT2D eigenvalue weighted by atomic mass is 9.93. The number of allylic oxidation sites excluding steroid dienone is 4. The number of carbonyl (C=O) groups excluding carboxylic acids is 1. The maximum absolute atomic E-state index is 10.7. The number of carbonyl (C=O) groups is 3. The molecule has 69 heavy (non-hydrogen) atoms. The summed E-state index contributed by atoms with van der Waals surface area (Å²) in [5.41, 5.74) is 6.72. The summed E-state index contributed by atoms with van der Waals surface area (Å²) < 4.78 is 0. The number of aliphatic hydroxyl groups is 3. The van der Waals surface area contributed by atoms with E-state index < -0.39 is 29.9 Å². The highest BCUT2D eigenvalue weighted by molar-refractivity contribution is 6.37. The van der Waals surface area contributed by atoms with Crippen LogP contribution in [0.4, 0.5) is 0 Å². The Bertz CT molecular complexity index is 2650. The third kappa shape index (κ3) is 20.1. The lowest BCUT2D eigenvalue weighted by Crippen LogP contribution is -2.26. The number of phenolic OH excluding ortho intramolecular Hbond substituents is 2. The van der Waals surface area contributed by atoms with Crippen molar-refractivity contribution in [2.24, 2.45) is 0 Å². The number of aliphatic hydroxyl groups excluding tert-OH is 3. The van der Waals surface area contributed by atoms with E-state index in [1.165, 1.54) is 29.3 Å². The van der Waals surface area contributed by atoms with Gasteiger partial charge in [-0.1, -0.05) is 206 Å². The SMILES string of the molecule is O=C(O)C(=O)C=CC=C(O)c1ccccc1.O=C(O)c1ccccc1.O=O.O=O.O[C@@H]1C(c2ccccc2)=CC=C[C@@H]1O.Oc1cccc(-c2ccccc2)c1O.c1ccc(-c2ccccc2)cc1. The highest BCUT2D eigenvalue weighted by Gasteiger charge is 2.21. The summed E-state index contributed by atoms with van der Waals surface area (Å²) in [7, 11) is 0. The second kappa shape index (κ2) is 32.3. The molecule has 352 valence electrons. The Morgan fingerprint density at radius 1 is 0.464 bits per heavy atom. The van der Waals surface area contributed by atoms with Crippen molar-refractivity contribution in [1.29, 1.82) is 0 Å². The third-order valence-corrected chi connectivity index (χ3v) is 9.12. The lowest BCUT2D eigenvalue weighted by Gasteiger charge is -2.21. The van der Waals surface area contributed by atoms with Crippen LogP contribution in [-0.2, 0) is 9.59 Å². The molecule has 0 spiro atoms. The van der Waals surface area contributed by atoms with Gasteiger partial charge in [0.15, 0.2) is 11.5 Å². The average molecular weight is 933 g/mol. The van der Waals surface area contributed by atoms with Gasteiger partial charge in [-0.2, -0.15) is 0 Å². The van der Waals surface area contributed by atoms with Gasteiger partial charge in [-0.3, -0.25) is 4.79 Å². The van der Waals surface area contributed by atoms with Gasteiger partial charge in [-0.25, -0.2) is 9.59 Å². The number of para-hydroxylation sites is 1. The van der Waals surface area contributed by atoms with E-state index in [4.69, 9.17) is 30.1 Å². The number of ketones is 1. The van der Waals surface area contributed by atoms with E-state index in [9.17, 15) is 39.9 Å². The van der Waals surface area contributed by atoms with Gasteiger partial charge in [0.1, 0.15) is 18.0 Å². The lowest BCUT2D eigenvalue weighted by molar-refractivity contribution is -0.146. The number of aromatic carboxylic acids is 1. The van der Waals surface area contributed by atoms with Crippen molar-refractivity contribution < 1.29 is 50.1 Å². The van der Waals surface area contributed by atoms with Crippen molar-refractivity contribution in [2.75, 3.05) is 0 Å². The molecule has 0 unspecified atom stereocenters. The first-order valence-electron chi connectivity index (χ1n) is 20.4. The van der Waals surface area contributed by atoms with Crippen molar-refractivity contribution in [1.82, 2.24) is 0 Å². The summed E-state index contributed by atoms with van der Waals surface area (Å²) in [4.78, 5) is 59.0. The first kappa shape index (κ1) is 55.8. The quantitative estimate of drug-likeness (QED) is 0.0246. The molecule has 7 aromatic carbocycles. The molecular weight excluding hydrogens is 885 g/mol. The Morgan fingerprint density at radius 2 is 0.870 bits per heavy atom. The van der Waals surface area contributed by atoms with Crippen LogP contribution in [0, 0.1) is 19.9 Å². The molecule has 0 radical (unpaired) electrons. The number of benzene rings is 7. The van der Waals surface area contributed by atoms with Crippen molar-refractivity contribution in [2.45, 2.75) is 12.2 Å². The fraction of sp³-hybridized carbons (Fsp3) is 0.0364. The van der Waals surface area contributed by atoms with E-state index in [0.717, 1.165) is 22.8 Å². The van der Waals surface area contributed by atoms with Crippen LogP contribution >= 0.6 is 0 Å². The first-order chi connectivity index (χ1) is 33.5. The molecule has 7 aromatic rings. The zero-order valence-corrected chi connectivity index (χ0v) is 36.7. The number of carboxylic acid groups (broad SMARTS) is 2. The molecule has 0 heterocycles. The number of rotatable bonds is 8. The Balaban J connectivity index is 0.000000293. The molecule has 1 aliphatic rings. The molecular formula is C55H48O14. The number of carboxylic acids is 2. The van der Waals surface area contributed by atoms with E-state index >= 15 is 0 Å². The minimum absolute atomic E-state index is 0.0324. The van der Waals surface area contributed by atoms with Crippen LogP contribution in [0.1, 0.15) is 21.5 Å². The molecule has 0 saturated heterocycles. The van der Waals surface area contributed by atoms with Gasteiger partial charge in [0.05, 0.1) is 5.56 Å². The summed E-state index contributed by atoms with van der Waals surface area (Å²) >= 11 is 0. The summed E-state index contributed by atoms with van der Waals surface area (Å²) in [6, 6.07) is 61.7. The number of phenols is 2. The molecule has 0 bridgehead atoms. The number of aromatic hydroxyl groups is 2. The monoisotopic (exact) mass is 932 g/mol. The second-order valence-corrected chi connectivity index (χ2v) is 13.7. The zero-order valence-electron chi connectivity index (χ0n) is 36.7. The topological polar surface area (TPSA) is 261 Å². The standard InChI is InChI=1S/C12H10O4.C12H12O2.C12H10O2.C12H10.C7H6O2.2O2/c13-10(9-5-2-1-3-6-9)7-4-8-11(14)12(15)16;2*13-11-8-4-7-10(12(11)14)9-5-2-1-3-6-9;1-3-7-11(8-4-1)12-9-5-2-6-10-12;8-7(9)6-4-2-1-3-5-6;2*1-2/h1-8,13H,(H,15,16);1-8,11-14H;1-8,13-14H;1-10H;1-5H,(H,8,9);;/t;11-,12+;;;;;/m.0...../s1. The molecule has 7 N–H and O–H groups in total. The van der Waals surface area contributed by atoms with E-state index in [1.54, 1.807) is 84.9 Å².